The van der Waals surface area contributed by atoms with Gasteiger partial charge in [0, 0.05) is 17.7 Å². The first kappa shape index (κ1) is 23.7. The van der Waals surface area contributed by atoms with E-state index < -0.39 is 28.5 Å². The van der Waals surface area contributed by atoms with Crippen molar-refractivity contribution in [3.8, 4) is 5.75 Å². The summed E-state index contributed by atoms with van der Waals surface area (Å²) in [5.41, 5.74) is 2.93. The number of hydrazone groups is 1. The van der Waals surface area contributed by atoms with Gasteiger partial charge in [-0.3, -0.25) is 19.7 Å². The molecule has 3 aromatic carbocycles. The molecule has 34 heavy (non-hydrogen) atoms. The molecule has 172 valence electrons. The zero-order valence-electron chi connectivity index (χ0n) is 17.4. The molecule has 0 aliphatic rings. The second kappa shape index (κ2) is 11.1. The molecule has 0 spiro atoms. The summed E-state index contributed by atoms with van der Waals surface area (Å²) in [6, 6.07) is 16.2. The lowest BCUT2D eigenvalue weighted by Crippen LogP contribution is -2.34. The van der Waals surface area contributed by atoms with Gasteiger partial charge in [0.25, 0.3) is 17.5 Å². The number of ether oxygens (including phenoxy) is 1. The zero-order valence-corrected chi connectivity index (χ0v) is 17.4. The molecular weight excluding hydrogens is 447 g/mol. The van der Waals surface area contributed by atoms with Gasteiger partial charge < -0.3 is 10.1 Å². The van der Waals surface area contributed by atoms with Crippen molar-refractivity contribution in [2.24, 2.45) is 5.10 Å². The first-order valence-corrected chi connectivity index (χ1v) is 9.74. The zero-order chi connectivity index (χ0) is 24.5. The van der Waals surface area contributed by atoms with Crippen molar-refractivity contribution in [3.05, 3.63) is 105 Å². The van der Waals surface area contributed by atoms with E-state index in [0.29, 0.717) is 5.56 Å². The molecule has 0 aliphatic heterocycles. The normalized spacial score (nSPS) is 10.5. The fourth-order valence-electron chi connectivity index (χ4n) is 2.62. The third-order valence-corrected chi connectivity index (χ3v) is 4.30. The van der Waals surface area contributed by atoms with Gasteiger partial charge in [0.15, 0.2) is 0 Å². The molecule has 0 saturated heterocycles. The van der Waals surface area contributed by atoms with Crippen molar-refractivity contribution >= 4 is 29.7 Å². The number of nitrogens with zero attached hydrogens (tertiary/aromatic N) is 2. The molecule has 0 unspecified atom stereocenters. The number of nitro groups is 1. The van der Waals surface area contributed by atoms with Gasteiger partial charge in [-0.05, 0) is 60.2 Å². The van der Waals surface area contributed by atoms with Crippen LogP contribution in [0.3, 0.4) is 0 Å². The lowest BCUT2D eigenvalue weighted by molar-refractivity contribution is -0.384. The van der Waals surface area contributed by atoms with Gasteiger partial charge in [0.05, 0.1) is 23.2 Å². The van der Waals surface area contributed by atoms with Crippen molar-refractivity contribution < 1.29 is 28.4 Å². The number of halogens is 1. The smallest absolute Gasteiger partial charge is 0.343 e. The molecule has 2 N–H and O–H groups in total. The van der Waals surface area contributed by atoms with Crippen molar-refractivity contribution in [2.75, 3.05) is 6.54 Å². The standard InChI is InChI=1S/C23H17FN4O6/c24-18-3-1-2-17(12-18)22(30)25-14-21(29)27-26-13-15-4-10-20(11-5-15)34-23(31)16-6-8-19(9-7-16)28(32)33/h1-13H,14H2,(H,25,30)(H,27,29)/b26-13+. The lowest BCUT2D eigenvalue weighted by Gasteiger charge is -2.05. The molecule has 0 aromatic heterocycles. The van der Waals surface area contributed by atoms with Gasteiger partial charge >= 0.3 is 5.97 Å². The highest BCUT2D eigenvalue weighted by Crippen LogP contribution is 2.16. The Hall–Kier alpha value is -4.93. The Labute approximate surface area is 192 Å². The number of nitro benzene ring substituents is 1. The van der Waals surface area contributed by atoms with Gasteiger partial charge in [-0.15, -0.1) is 0 Å². The van der Waals surface area contributed by atoms with Crippen LogP contribution in [0.4, 0.5) is 10.1 Å². The number of amides is 2. The Morgan fingerprint density at radius 3 is 2.35 bits per heavy atom. The van der Waals surface area contributed by atoms with E-state index in [-0.39, 0.29) is 29.1 Å². The maximum Gasteiger partial charge on any atom is 0.343 e. The van der Waals surface area contributed by atoms with E-state index >= 15 is 0 Å². The topological polar surface area (TPSA) is 140 Å². The van der Waals surface area contributed by atoms with Crippen molar-refractivity contribution in [3.63, 3.8) is 0 Å². The van der Waals surface area contributed by atoms with Gasteiger partial charge in [-0.25, -0.2) is 14.6 Å². The van der Waals surface area contributed by atoms with Crippen LogP contribution in [0.5, 0.6) is 5.75 Å². The first-order valence-electron chi connectivity index (χ1n) is 9.74. The molecule has 0 fully saturated rings. The predicted molar refractivity (Wildman–Crippen MR) is 119 cm³/mol. The van der Waals surface area contributed by atoms with Gasteiger partial charge in [-0.2, -0.15) is 5.10 Å². The van der Waals surface area contributed by atoms with Crippen LogP contribution in [0.1, 0.15) is 26.3 Å². The second-order valence-electron chi connectivity index (χ2n) is 6.75. The first-order chi connectivity index (χ1) is 16.3. The lowest BCUT2D eigenvalue weighted by atomic mass is 10.2. The predicted octanol–water partition coefficient (Wildman–Crippen LogP) is 2.83. The Morgan fingerprint density at radius 2 is 1.71 bits per heavy atom. The number of esters is 1. The quantitative estimate of drug-likeness (QED) is 0.173. The fraction of sp³-hybridized carbons (Fsp3) is 0.0435. The SMILES string of the molecule is O=C(CNC(=O)c1cccc(F)c1)N/N=C/c1ccc(OC(=O)c2ccc([N+](=O)[O-])cc2)cc1. The summed E-state index contributed by atoms with van der Waals surface area (Å²) < 4.78 is 18.3. The molecule has 0 radical (unpaired) electrons. The van der Waals surface area contributed by atoms with Crippen LogP contribution in [-0.4, -0.2) is 35.5 Å². The number of hydrogen-bond donors (Lipinski definition) is 2. The number of carbonyl (C=O) groups excluding carboxylic acids is 3. The largest absolute Gasteiger partial charge is 0.423 e. The summed E-state index contributed by atoms with van der Waals surface area (Å²) in [5, 5.41) is 16.8. The number of nitrogens with one attached hydrogen (secondary N) is 2. The minimum absolute atomic E-state index is 0.0886. The Morgan fingerprint density at radius 1 is 1.00 bits per heavy atom. The van der Waals surface area contributed by atoms with E-state index in [4.69, 9.17) is 4.74 Å². The minimum atomic E-state index is -0.677. The third-order valence-electron chi connectivity index (χ3n) is 4.30. The molecule has 10 nitrogen and oxygen atoms in total. The van der Waals surface area contributed by atoms with Gasteiger partial charge in [0.2, 0.25) is 0 Å². The van der Waals surface area contributed by atoms with E-state index in [0.717, 1.165) is 6.07 Å². The highest BCUT2D eigenvalue weighted by molar-refractivity contribution is 5.96. The molecule has 0 heterocycles. The summed E-state index contributed by atoms with van der Waals surface area (Å²) in [6.07, 6.45) is 1.34. The summed E-state index contributed by atoms with van der Waals surface area (Å²) in [7, 11) is 0. The Bertz CT molecular complexity index is 1240. The highest BCUT2D eigenvalue weighted by Gasteiger charge is 2.12. The average molecular weight is 464 g/mol. The van der Waals surface area contributed by atoms with Gasteiger partial charge in [-0.1, -0.05) is 6.07 Å². The molecule has 0 saturated carbocycles. The highest BCUT2D eigenvalue weighted by atomic mass is 19.1. The Kier molecular flexibility index (Phi) is 7.74. The molecule has 2 amide bonds. The maximum atomic E-state index is 13.1. The van der Waals surface area contributed by atoms with Crippen LogP contribution < -0.4 is 15.5 Å². The fourth-order valence-corrected chi connectivity index (χ4v) is 2.62. The number of carbonyl (C=O) groups is 3. The van der Waals surface area contributed by atoms with Crippen LogP contribution in [0.25, 0.3) is 0 Å². The van der Waals surface area contributed by atoms with Crippen LogP contribution in [-0.2, 0) is 4.79 Å². The van der Waals surface area contributed by atoms with E-state index in [2.05, 4.69) is 15.8 Å². The number of benzene rings is 3. The van der Waals surface area contributed by atoms with Crippen LogP contribution in [0.2, 0.25) is 0 Å². The molecule has 0 bridgehead atoms. The number of non-ortho nitro benzene ring substituents is 1. The number of hydrogen-bond acceptors (Lipinski definition) is 7. The second-order valence-corrected chi connectivity index (χ2v) is 6.75. The van der Waals surface area contributed by atoms with E-state index in [1.165, 1.54) is 60.8 Å². The van der Waals surface area contributed by atoms with Crippen molar-refractivity contribution in [2.45, 2.75) is 0 Å². The minimum Gasteiger partial charge on any atom is -0.423 e. The number of rotatable bonds is 8. The van der Waals surface area contributed by atoms with Crippen molar-refractivity contribution in [1.29, 1.82) is 0 Å². The molecular formula is C23H17FN4O6. The summed E-state index contributed by atoms with van der Waals surface area (Å²) in [5.74, 6) is -2.19. The Balaban J connectivity index is 1.45. The maximum absolute atomic E-state index is 13.1. The summed E-state index contributed by atoms with van der Waals surface area (Å²) in [6.45, 7) is -0.357. The molecule has 0 aliphatic carbocycles. The van der Waals surface area contributed by atoms with Crippen LogP contribution in [0.15, 0.2) is 77.9 Å². The summed E-state index contributed by atoms with van der Waals surface area (Å²) >= 11 is 0. The molecule has 0 atom stereocenters. The average Bonchev–Trinajstić information content (AvgIpc) is 2.83. The van der Waals surface area contributed by atoms with E-state index in [1.807, 2.05) is 0 Å². The van der Waals surface area contributed by atoms with Crippen molar-refractivity contribution in [1.82, 2.24) is 10.7 Å². The molecule has 11 heteroatoms. The van der Waals surface area contributed by atoms with Gasteiger partial charge in [0.1, 0.15) is 11.6 Å². The van der Waals surface area contributed by atoms with Crippen LogP contribution >= 0.6 is 0 Å². The van der Waals surface area contributed by atoms with E-state index in [9.17, 15) is 28.9 Å². The van der Waals surface area contributed by atoms with Crippen LogP contribution in [0, 0.1) is 15.9 Å². The molecule has 3 aromatic rings. The molecule has 3 rings (SSSR count). The van der Waals surface area contributed by atoms with E-state index in [1.54, 1.807) is 12.1 Å². The third kappa shape index (κ3) is 6.79. The monoisotopic (exact) mass is 464 g/mol. The summed E-state index contributed by atoms with van der Waals surface area (Å²) in [4.78, 5) is 45.9.